The zero-order valence-electron chi connectivity index (χ0n) is 23.3. The molecule has 0 radical (unpaired) electrons. The molecule has 42 heavy (non-hydrogen) atoms. The van der Waals surface area contributed by atoms with Crippen LogP contribution in [0.4, 0.5) is 5.69 Å². The van der Waals surface area contributed by atoms with Crippen LogP contribution in [-0.2, 0) is 32.6 Å². The molecule has 1 fully saturated rings. The third kappa shape index (κ3) is 8.63. The lowest BCUT2D eigenvalue weighted by molar-refractivity contribution is -0.140. The number of amides is 2. The highest BCUT2D eigenvalue weighted by Gasteiger charge is 2.34. The van der Waals surface area contributed by atoms with Gasteiger partial charge in [0.1, 0.15) is 12.6 Å². The van der Waals surface area contributed by atoms with Crippen LogP contribution in [0.2, 0.25) is 15.1 Å². The zero-order chi connectivity index (χ0) is 30.3. The van der Waals surface area contributed by atoms with E-state index < -0.39 is 28.5 Å². The number of carbonyl (C=O) groups excluding carboxylic acids is 2. The molecular formula is C31H34Cl3N3O4S. The zero-order valence-corrected chi connectivity index (χ0v) is 26.4. The molecule has 1 atom stereocenters. The second kappa shape index (κ2) is 14.6. The first-order valence-corrected chi connectivity index (χ1v) is 16.8. The Kier molecular flexibility index (Phi) is 11.2. The maximum Gasteiger partial charge on any atom is 0.244 e. The minimum absolute atomic E-state index is 0.00403. The van der Waals surface area contributed by atoms with Crippen LogP contribution in [0.1, 0.15) is 43.2 Å². The van der Waals surface area contributed by atoms with E-state index in [0.29, 0.717) is 20.6 Å². The van der Waals surface area contributed by atoms with Gasteiger partial charge in [-0.2, -0.15) is 0 Å². The number of nitrogens with one attached hydrogen (secondary N) is 1. The van der Waals surface area contributed by atoms with Crippen LogP contribution in [0.25, 0.3) is 0 Å². The van der Waals surface area contributed by atoms with Crippen LogP contribution in [0.15, 0.2) is 72.8 Å². The van der Waals surface area contributed by atoms with Gasteiger partial charge in [-0.1, -0.05) is 96.5 Å². The third-order valence-corrected chi connectivity index (χ3v) is 9.47. The molecule has 0 aliphatic heterocycles. The normalized spacial score (nSPS) is 14.7. The molecule has 0 spiro atoms. The molecule has 2 amide bonds. The molecule has 0 unspecified atom stereocenters. The fourth-order valence-corrected chi connectivity index (χ4v) is 6.74. The number of anilines is 1. The molecule has 3 aromatic rings. The molecule has 4 rings (SSSR count). The van der Waals surface area contributed by atoms with Crippen LogP contribution < -0.4 is 9.62 Å². The fraction of sp³-hybridized carbons (Fsp3) is 0.355. The second-order valence-electron chi connectivity index (χ2n) is 10.5. The summed E-state index contributed by atoms with van der Waals surface area (Å²) in [7, 11) is -3.91. The number of carbonyl (C=O) groups is 2. The number of hydrogen-bond acceptors (Lipinski definition) is 4. The predicted molar refractivity (Wildman–Crippen MR) is 170 cm³/mol. The minimum Gasteiger partial charge on any atom is -0.352 e. The van der Waals surface area contributed by atoms with Gasteiger partial charge in [0, 0.05) is 39.6 Å². The van der Waals surface area contributed by atoms with E-state index in [2.05, 4.69) is 5.32 Å². The topological polar surface area (TPSA) is 86.8 Å². The van der Waals surface area contributed by atoms with Gasteiger partial charge in [0.25, 0.3) is 0 Å². The van der Waals surface area contributed by atoms with Crippen molar-refractivity contribution in [3.63, 3.8) is 0 Å². The van der Waals surface area contributed by atoms with Crippen LogP contribution in [0.3, 0.4) is 0 Å². The SMILES string of the molecule is CS(=O)(=O)N(CC(=O)N(Cc1c(Cl)cccc1Cl)[C@H](Cc1ccccc1)C(=O)NC1CCCCC1)c1cccc(Cl)c1. The van der Waals surface area contributed by atoms with Crippen LogP contribution in [-0.4, -0.2) is 50.0 Å². The largest absolute Gasteiger partial charge is 0.352 e. The predicted octanol–water partition coefficient (Wildman–Crippen LogP) is 6.50. The molecule has 0 saturated heterocycles. The van der Waals surface area contributed by atoms with E-state index in [1.807, 2.05) is 30.3 Å². The average molecular weight is 651 g/mol. The molecule has 0 heterocycles. The number of benzene rings is 3. The number of halogens is 3. The lowest BCUT2D eigenvalue weighted by Crippen LogP contribution is -2.55. The summed E-state index contributed by atoms with van der Waals surface area (Å²) in [6.07, 6.45) is 6.14. The molecule has 0 aromatic heterocycles. The van der Waals surface area contributed by atoms with Crippen LogP contribution >= 0.6 is 34.8 Å². The first-order valence-electron chi connectivity index (χ1n) is 13.8. The summed E-state index contributed by atoms with van der Waals surface area (Å²) >= 11 is 19.2. The summed E-state index contributed by atoms with van der Waals surface area (Å²) < 4.78 is 26.8. The van der Waals surface area contributed by atoms with Gasteiger partial charge in [-0.3, -0.25) is 13.9 Å². The van der Waals surface area contributed by atoms with Crippen molar-refractivity contribution in [3.05, 3.63) is 99.0 Å². The van der Waals surface area contributed by atoms with Gasteiger partial charge in [0.05, 0.1) is 11.9 Å². The lowest BCUT2D eigenvalue weighted by Gasteiger charge is -2.35. The van der Waals surface area contributed by atoms with Gasteiger partial charge < -0.3 is 10.2 Å². The molecule has 1 N–H and O–H groups in total. The van der Waals surface area contributed by atoms with Crippen molar-refractivity contribution in [1.29, 1.82) is 0 Å². The molecule has 11 heteroatoms. The summed E-state index contributed by atoms with van der Waals surface area (Å²) in [5, 5.41) is 4.15. The van der Waals surface area contributed by atoms with Crippen molar-refractivity contribution in [1.82, 2.24) is 10.2 Å². The van der Waals surface area contributed by atoms with Gasteiger partial charge >= 0.3 is 0 Å². The first-order chi connectivity index (χ1) is 20.0. The van der Waals surface area contributed by atoms with E-state index in [1.54, 1.807) is 36.4 Å². The summed E-state index contributed by atoms with van der Waals surface area (Å²) in [5.74, 6) is -0.896. The molecule has 0 bridgehead atoms. The van der Waals surface area contributed by atoms with Crippen LogP contribution in [0.5, 0.6) is 0 Å². The average Bonchev–Trinajstić information content (AvgIpc) is 2.95. The summed E-state index contributed by atoms with van der Waals surface area (Å²) in [5.41, 5.74) is 1.55. The molecule has 7 nitrogen and oxygen atoms in total. The van der Waals surface area contributed by atoms with Crippen molar-refractivity contribution >= 4 is 62.3 Å². The van der Waals surface area contributed by atoms with Crippen LogP contribution in [0, 0.1) is 0 Å². The first kappa shape index (κ1) is 32.1. The lowest BCUT2D eigenvalue weighted by atomic mass is 9.94. The molecule has 1 aliphatic rings. The Morgan fingerprint density at radius 1 is 0.905 bits per heavy atom. The fourth-order valence-electron chi connectivity index (χ4n) is 5.20. The number of hydrogen-bond donors (Lipinski definition) is 1. The van der Waals surface area contributed by atoms with E-state index in [1.165, 1.54) is 11.0 Å². The molecule has 1 aliphatic carbocycles. The minimum atomic E-state index is -3.91. The Morgan fingerprint density at radius 2 is 1.55 bits per heavy atom. The van der Waals surface area contributed by atoms with Crippen molar-refractivity contribution in [2.45, 2.75) is 57.2 Å². The van der Waals surface area contributed by atoms with E-state index in [-0.39, 0.29) is 30.6 Å². The maximum absolute atomic E-state index is 14.2. The Hall–Kier alpha value is -2.78. The van der Waals surface area contributed by atoms with Gasteiger partial charge in [0.2, 0.25) is 21.8 Å². The molecule has 1 saturated carbocycles. The Morgan fingerprint density at radius 3 is 2.17 bits per heavy atom. The van der Waals surface area contributed by atoms with E-state index in [9.17, 15) is 18.0 Å². The Bertz CT molecular complexity index is 1480. The van der Waals surface area contributed by atoms with E-state index >= 15 is 0 Å². The van der Waals surface area contributed by atoms with Gasteiger partial charge in [-0.05, 0) is 48.7 Å². The van der Waals surface area contributed by atoms with E-state index in [0.717, 1.165) is 48.2 Å². The molecule has 3 aromatic carbocycles. The van der Waals surface area contributed by atoms with Crippen molar-refractivity contribution in [2.75, 3.05) is 17.1 Å². The maximum atomic E-state index is 14.2. The van der Waals surface area contributed by atoms with Gasteiger partial charge in [0.15, 0.2) is 0 Å². The van der Waals surface area contributed by atoms with Crippen molar-refractivity contribution < 1.29 is 18.0 Å². The summed E-state index contributed by atoms with van der Waals surface area (Å²) in [6, 6.07) is 19.7. The second-order valence-corrected chi connectivity index (χ2v) is 13.7. The van der Waals surface area contributed by atoms with Gasteiger partial charge in [-0.15, -0.1) is 0 Å². The highest BCUT2D eigenvalue weighted by Crippen LogP contribution is 2.29. The summed E-state index contributed by atoms with van der Waals surface area (Å²) in [4.78, 5) is 29.6. The third-order valence-electron chi connectivity index (χ3n) is 7.39. The van der Waals surface area contributed by atoms with Gasteiger partial charge in [-0.25, -0.2) is 8.42 Å². The van der Waals surface area contributed by atoms with Crippen molar-refractivity contribution in [3.8, 4) is 0 Å². The number of nitrogens with zero attached hydrogens (tertiary/aromatic N) is 2. The Labute approximate surface area is 262 Å². The smallest absolute Gasteiger partial charge is 0.244 e. The summed E-state index contributed by atoms with van der Waals surface area (Å²) in [6.45, 7) is -0.649. The quantitative estimate of drug-likeness (QED) is 0.257. The molecular weight excluding hydrogens is 617 g/mol. The number of rotatable bonds is 11. The highest BCUT2D eigenvalue weighted by molar-refractivity contribution is 7.92. The van der Waals surface area contributed by atoms with Crippen molar-refractivity contribution in [2.24, 2.45) is 0 Å². The molecule has 224 valence electrons. The standard InChI is InChI=1S/C31H34Cl3N3O4S/c1-42(40,41)37(25-15-8-12-23(32)19-25)21-30(38)36(20-26-27(33)16-9-17-28(26)34)29(18-22-10-4-2-5-11-22)31(39)35-24-13-6-3-7-14-24/h2,4-5,8-12,15-17,19,24,29H,3,6-7,13-14,18,20-21H2,1H3,(H,35,39)/t29-/m1/s1. The number of sulfonamides is 1. The highest BCUT2D eigenvalue weighted by atomic mass is 35.5. The Balaban J connectivity index is 1.76. The monoisotopic (exact) mass is 649 g/mol. The van der Waals surface area contributed by atoms with E-state index in [4.69, 9.17) is 34.8 Å².